The molecule has 0 aliphatic rings. The zero-order valence-electron chi connectivity index (χ0n) is 33.5. The summed E-state index contributed by atoms with van der Waals surface area (Å²) in [6.07, 6.45) is 9.33. The van der Waals surface area contributed by atoms with E-state index < -0.39 is 23.5 Å². The van der Waals surface area contributed by atoms with Crippen molar-refractivity contribution in [3.8, 4) is 11.4 Å². The monoisotopic (exact) mass is 750 g/mol. The summed E-state index contributed by atoms with van der Waals surface area (Å²) in [5, 5.41) is 26.5. The molecule has 11 nitrogen and oxygen atoms in total. The number of aromatic carboxylic acids is 2. The molecule has 4 aromatic rings. The van der Waals surface area contributed by atoms with E-state index in [1.165, 1.54) is 4.90 Å². The minimum absolute atomic E-state index is 0.0479. The smallest absolute Gasteiger partial charge is 0.335 e. The second-order valence-electron chi connectivity index (χ2n) is 15.4. The topological polar surface area (TPSA) is 158 Å². The molecule has 2 unspecified atom stereocenters. The summed E-state index contributed by atoms with van der Waals surface area (Å²) >= 11 is 0. The summed E-state index contributed by atoms with van der Waals surface area (Å²) in [7, 11) is 0. The highest BCUT2D eigenvalue weighted by Crippen LogP contribution is 2.31. The number of benzene rings is 3. The van der Waals surface area contributed by atoms with Crippen LogP contribution in [-0.4, -0.2) is 48.7 Å². The number of urea groups is 1. The van der Waals surface area contributed by atoms with E-state index in [0.717, 1.165) is 51.4 Å². The van der Waals surface area contributed by atoms with Crippen LogP contribution >= 0.6 is 0 Å². The number of nitrogens with zero attached hydrogens (tertiary/aromatic N) is 4. The first-order valence-corrected chi connectivity index (χ1v) is 19.7. The summed E-state index contributed by atoms with van der Waals surface area (Å²) in [6, 6.07) is 18.9. The summed E-state index contributed by atoms with van der Waals surface area (Å²) in [5.74, 6) is -0.916. The van der Waals surface area contributed by atoms with Gasteiger partial charge >= 0.3 is 18.0 Å². The van der Waals surface area contributed by atoms with E-state index in [-0.39, 0.29) is 28.8 Å². The first kappa shape index (κ1) is 42.4. The van der Waals surface area contributed by atoms with E-state index in [9.17, 15) is 24.6 Å². The minimum atomic E-state index is -1.000. The molecule has 0 fully saturated rings. The average Bonchev–Trinajstić information content (AvgIpc) is 3.14. The predicted molar refractivity (Wildman–Crippen MR) is 220 cm³/mol. The zero-order chi connectivity index (χ0) is 40.1. The number of nitrogens with one attached hydrogen (secondary N) is 2. The number of anilines is 4. The largest absolute Gasteiger partial charge is 0.478 e. The lowest BCUT2D eigenvalue weighted by Crippen LogP contribution is -2.47. The molecule has 0 aliphatic heterocycles. The fraction of sp³-hybridized carbons (Fsp3) is 0.455. The van der Waals surface area contributed by atoms with Gasteiger partial charge in [-0.3, -0.25) is 0 Å². The number of carboxylic acids is 2. The Hall–Kier alpha value is -5.32. The number of rotatable bonds is 19. The standard InChI is InChI=1S/C44H58N6O5/c1-8-12-17-29(10-3)25-32-27-31(21-23-36(32)39(51)52)38-46-41(45-34-22-24-37(40(53)54)33(28-34)26-30(11-4)18-13-9-2)48-42(47-38)50(35-19-15-14-16-20-35)43(55)49-44(5,6)7/h14-16,19-24,27-30H,8-13,17-18,25-26H2,1-7H3,(H,49,55)(H,51,52)(H,53,54)(H,45,46,47,48). The van der Waals surface area contributed by atoms with Crippen LogP contribution in [0.25, 0.3) is 11.4 Å². The molecule has 2 atom stereocenters. The minimum Gasteiger partial charge on any atom is -0.478 e. The average molecular weight is 751 g/mol. The quantitative estimate of drug-likeness (QED) is 0.0732. The van der Waals surface area contributed by atoms with Crippen LogP contribution in [-0.2, 0) is 12.8 Å². The number of amides is 2. The molecule has 0 radical (unpaired) electrons. The fourth-order valence-electron chi connectivity index (χ4n) is 6.72. The molecule has 55 heavy (non-hydrogen) atoms. The van der Waals surface area contributed by atoms with Gasteiger partial charge in [-0.2, -0.15) is 15.0 Å². The Morgan fingerprint density at radius 3 is 1.82 bits per heavy atom. The Kier molecular flexibility index (Phi) is 15.3. The summed E-state index contributed by atoms with van der Waals surface area (Å²) in [5.41, 5.74) is 3.00. The van der Waals surface area contributed by atoms with Gasteiger partial charge in [-0.05, 0) is 99.0 Å². The van der Waals surface area contributed by atoms with E-state index in [1.54, 1.807) is 36.4 Å². The van der Waals surface area contributed by atoms with Crippen molar-refractivity contribution in [1.29, 1.82) is 0 Å². The maximum absolute atomic E-state index is 14.0. The van der Waals surface area contributed by atoms with Gasteiger partial charge in [0.25, 0.3) is 0 Å². The number of carboxylic acid groups (broad SMARTS) is 2. The molecule has 0 saturated carbocycles. The molecule has 0 aliphatic carbocycles. The lowest BCUT2D eigenvalue weighted by atomic mass is 9.89. The Labute approximate surface area is 326 Å². The van der Waals surface area contributed by atoms with Gasteiger partial charge in [-0.25, -0.2) is 19.3 Å². The van der Waals surface area contributed by atoms with E-state index in [4.69, 9.17) is 15.0 Å². The number of hydrogen-bond donors (Lipinski definition) is 4. The number of carbonyl (C=O) groups excluding carboxylic acids is 1. The van der Waals surface area contributed by atoms with Crippen molar-refractivity contribution in [1.82, 2.24) is 20.3 Å². The van der Waals surface area contributed by atoms with Crippen LogP contribution in [0.2, 0.25) is 0 Å². The molecular weight excluding hydrogens is 693 g/mol. The Balaban J connectivity index is 1.90. The van der Waals surface area contributed by atoms with Gasteiger partial charge in [-0.15, -0.1) is 0 Å². The Morgan fingerprint density at radius 1 is 0.727 bits per heavy atom. The summed E-state index contributed by atoms with van der Waals surface area (Å²) < 4.78 is 0. The molecule has 2 amide bonds. The lowest BCUT2D eigenvalue weighted by Gasteiger charge is -2.27. The van der Waals surface area contributed by atoms with Gasteiger partial charge in [0.1, 0.15) is 0 Å². The molecule has 294 valence electrons. The van der Waals surface area contributed by atoms with Crippen LogP contribution in [0.4, 0.5) is 28.1 Å². The number of hydrogen-bond acceptors (Lipinski definition) is 7. The van der Waals surface area contributed by atoms with Gasteiger partial charge in [0.2, 0.25) is 11.9 Å². The summed E-state index contributed by atoms with van der Waals surface area (Å²) in [6.45, 7) is 14.2. The van der Waals surface area contributed by atoms with Crippen LogP contribution < -0.4 is 15.5 Å². The van der Waals surface area contributed by atoms with Gasteiger partial charge < -0.3 is 20.8 Å². The predicted octanol–water partition coefficient (Wildman–Crippen LogP) is 10.8. The van der Waals surface area contributed by atoms with Crippen LogP contribution in [0.1, 0.15) is 132 Å². The highest BCUT2D eigenvalue weighted by molar-refractivity contribution is 5.98. The molecule has 4 rings (SSSR count). The van der Waals surface area contributed by atoms with Crippen molar-refractivity contribution < 1.29 is 24.6 Å². The number of para-hydroxylation sites is 1. The Morgan fingerprint density at radius 2 is 1.29 bits per heavy atom. The van der Waals surface area contributed by atoms with E-state index in [0.29, 0.717) is 52.7 Å². The fourth-order valence-corrected chi connectivity index (χ4v) is 6.72. The first-order valence-electron chi connectivity index (χ1n) is 19.7. The Bertz CT molecular complexity index is 1910. The van der Waals surface area contributed by atoms with Crippen LogP contribution in [0.5, 0.6) is 0 Å². The zero-order valence-corrected chi connectivity index (χ0v) is 33.5. The van der Waals surface area contributed by atoms with Crippen molar-refractivity contribution in [2.75, 3.05) is 10.2 Å². The second-order valence-corrected chi connectivity index (χ2v) is 15.4. The highest BCUT2D eigenvalue weighted by Gasteiger charge is 2.27. The van der Waals surface area contributed by atoms with E-state index >= 15 is 0 Å². The van der Waals surface area contributed by atoms with Crippen LogP contribution in [0, 0.1) is 11.8 Å². The third kappa shape index (κ3) is 12.1. The normalized spacial score (nSPS) is 12.5. The molecular formula is C44H58N6O5. The first-order chi connectivity index (χ1) is 26.3. The molecule has 1 aromatic heterocycles. The lowest BCUT2D eigenvalue weighted by molar-refractivity contribution is 0.0684. The highest BCUT2D eigenvalue weighted by atomic mass is 16.4. The second kappa shape index (κ2) is 19.8. The molecule has 0 saturated heterocycles. The molecule has 11 heteroatoms. The third-order valence-corrected chi connectivity index (χ3v) is 9.81. The van der Waals surface area contributed by atoms with Gasteiger partial charge in [-0.1, -0.05) is 103 Å². The van der Waals surface area contributed by atoms with E-state index in [1.807, 2.05) is 51.1 Å². The molecule has 0 bridgehead atoms. The van der Waals surface area contributed by atoms with Crippen molar-refractivity contribution in [3.05, 3.63) is 89.0 Å². The van der Waals surface area contributed by atoms with Crippen molar-refractivity contribution in [3.63, 3.8) is 0 Å². The molecule has 3 aromatic carbocycles. The molecule has 4 N–H and O–H groups in total. The number of unbranched alkanes of at least 4 members (excludes halogenated alkanes) is 2. The maximum Gasteiger partial charge on any atom is 0.335 e. The van der Waals surface area contributed by atoms with Crippen molar-refractivity contribution >= 4 is 41.2 Å². The van der Waals surface area contributed by atoms with Crippen LogP contribution in [0.3, 0.4) is 0 Å². The number of carbonyl (C=O) groups is 3. The summed E-state index contributed by atoms with van der Waals surface area (Å²) in [4.78, 5) is 54.5. The SMILES string of the molecule is CCCCC(CC)Cc1cc(Nc2nc(-c3ccc(C(=O)O)c(CC(CC)CCCC)c3)nc(N(C(=O)NC(C)(C)C)c3ccccc3)n2)ccc1C(=O)O. The van der Waals surface area contributed by atoms with E-state index in [2.05, 4.69) is 38.3 Å². The molecule has 1 heterocycles. The van der Waals surface area contributed by atoms with Crippen LogP contribution in [0.15, 0.2) is 66.7 Å². The van der Waals surface area contributed by atoms with Crippen molar-refractivity contribution in [2.24, 2.45) is 11.8 Å². The maximum atomic E-state index is 14.0. The third-order valence-electron chi connectivity index (χ3n) is 9.81. The van der Waals surface area contributed by atoms with Crippen molar-refractivity contribution in [2.45, 2.75) is 118 Å². The van der Waals surface area contributed by atoms with Gasteiger partial charge in [0, 0.05) is 16.8 Å². The molecule has 0 spiro atoms. The number of aromatic nitrogens is 3. The van der Waals surface area contributed by atoms with Gasteiger partial charge in [0.05, 0.1) is 16.8 Å². The van der Waals surface area contributed by atoms with Gasteiger partial charge in [0.15, 0.2) is 5.82 Å².